The van der Waals surface area contributed by atoms with Crippen LogP contribution in [0, 0.1) is 23.7 Å². The molecular weight excluding hydrogens is 1010 g/mol. The fourth-order valence-corrected chi connectivity index (χ4v) is 15.9. The third-order valence-electron chi connectivity index (χ3n) is 18.8. The molecule has 1 aromatic heterocycles. The molecule has 2 aromatic carbocycles. The summed E-state index contributed by atoms with van der Waals surface area (Å²) in [7, 11) is 0. The number of hydrogen-bond acceptors (Lipinski definition) is 14. The Morgan fingerprint density at radius 3 is 1.57 bits per heavy atom. The number of esters is 3. The lowest BCUT2D eigenvalue weighted by Gasteiger charge is -2.49. The number of fused-ring (bicyclic) bond motifs is 9. The van der Waals surface area contributed by atoms with Crippen molar-refractivity contribution in [2.75, 3.05) is 30.9 Å². The van der Waals surface area contributed by atoms with Crippen LogP contribution in [0.2, 0.25) is 0 Å². The SMILES string of the molecule is CC(=O)O.CCOC(=O)CCCC(=O)C(=O)OCC.CCOC(=O)CCCc1nc2ccccc2n(C2C[C@H]3CC[C@@H](C2)N3C2CC3CCCC(C3)C2)c1=O.Nc1ccccc1NC1C[C@H]2CC[C@@H](C1)N2C1CC2CCCC(C2)C1. The smallest absolute Gasteiger partial charge is 0.374 e. The zero-order chi connectivity index (χ0) is 56.7. The Labute approximate surface area is 475 Å². The molecule has 4 aliphatic carbocycles. The number of aromatic nitrogens is 2. The minimum absolute atomic E-state index is 0.0254. The average molecular weight is 1110 g/mol. The highest BCUT2D eigenvalue weighted by Crippen LogP contribution is 2.50. The van der Waals surface area contributed by atoms with E-state index in [-0.39, 0.29) is 43.0 Å². The van der Waals surface area contributed by atoms with Gasteiger partial charge in [-0.25, -0.2) is 9.78 Å². The number of ether oxygens (including phenoxy) is 3. The van der Waals surface area contributed by atoms with Crippen LogP contribution in [0.1, 0.15) is 200 Å². The van der Waals surface area contributed by atoms with Gasteiger partial charge in [0.25, 0.3) is 11.5 Å². The third kappa shape index (κ3) is 16.2. The van der Waals surface area contributed by atoms with E-state index in [0.717, 1.165) is 90.0 Å². The maximum absolute atomic E-state index is 13.8. The van der Waals surface area contributed by atoms with Crippen LogP contribution in [-0.2, 0) is 44.6 Å². The van der Waals surface area contributed by atoms with Crippen LogP contribution in [0.25, 0.3) is 11.0 Å². The van der Waals surface area contributed by atoms with Gasteiger partial charge >= 0.3 is 17.9 Å². The number of benzene rings is 2. The molecule has 3 aromatic rings. The first-order valence-corrected chi connectivity index (χ1v) is 31.1. The number of nitrogens with two attached hydrogens (primary N) is 1. The number of nitrogens with zero attached hydrogens (tertiary/aromatic N) is 4. The molecule has 10 atom stereocenters. The molecule has 4 saturated carbocycles. The number of piperidine rings is 2. The van der Waals surface area contributed by atoms with Crippen LogP contribution < -0.4 is 16.6 Å². The molecule has 8 bridgehead atoms. The Hall–Kier alpha value is -5.35. The van der Waals surface area contributed by atoms with Crippen molar-refractivity contribution in [3.63, 3.8) is 0 Å². The van der Waals surface area contributed by atoms with Crippen LogP contribution in [-0.4, -0.2) is 116 Å². The van der Waals surface area contributed by atoms with Crippen molar-refractivity contribution in [3.8, 4) is 0 Å². The number of nitrogens with one attached hydrogen (secondary N) is 1. The van der Waals surface area contributed by atoms with Crippen LogP contribution in [0.4, 0.5) is 11.4 Å². The van der Waals surface area contributed by atoms with Gasteiger partial charge in [-0.3, -0.25) is 33.8 Å². The van der Waals surface area contributed by atoms with Gasteiger partial charge in [0.2, 0.25) is 5.78 Å². The molecule has 0 amide bonds. The fraction of sp³-hybridized carbons (Fsp3) is 0.703. The van der Waals surface area contributed by atoms with Gasteiger partial charge in [-0.05, 0) is 178 Å². The first kappa shape index (κ1) is 60.7. The van der Waals surface area contributed by atoms with Crippen LogP contribution in [0.3, 0.4) is 0 Å². The van der Waals surface area contributed by atoms with Crippen LogP contribution >= 0.6 is 0 Å². The number of carboxylic acid groups (broad SMARTS) is 1. The van der Waals surface area contributed by atoms with Gasteiger partial charge in [0.05, 0.1) is 42.2 Å². The number of carbonyl (C=O) groups is 5. The number of aliphatic carboxylic acids is 1. The van der Waals surface area contributed by atoms with Gasteiger partial charge in [-0.2, -0.15) is 0 Å². The predicted molar refractivity (Wildman–Crippen MR) is 311 cm³/mol. The third-order valence-corrected chi connectivity index (χ3v) is 18.8. The van der Waals surface area contributed by atoms with E-state index in [2.05, 4.69) is 47.4 Å². The van der Waals surface area contributed by atoms with Gasteiger partial charge < -0.3 is 34.9 Å². The van der Waals surface area contributed by atoms with Gasteiger partial charge in [-0.1, -0.05) is 62.8 Å². The maximum atomic E-state index is 13.8. The molecule has 4 saturated heterocycles. The normalized spacial score (nSPS) is 29.2. The summed E-state index contributed by atoms with van der Waals surface area (Å²) in [6.45, 7) is 7.14. The Morgan fingerprint density at radius 2 is 1.06 bits per heavy atom. The highest BCUT2D eigenvalue weighted by atomic mass is 16.5. The number of anilines is 2. The second kappa shape index (κ2) is 29.6. The largest absolute Gasteiger partial charge is 0.481 e. The number of hydrogen-bond donors (Lipinski definition) is 3. The van der Waals surface area contributed by atoms with E-state index in [1.54, 1.807) is 13.8 Å². The molecule has 8 fully saturated rings. The summed E-state index contributed by atoms with van der Waals surface area (Å²) in [5.74, 6) is 1.16. The number of aryl methyl sites for hydroxylation is 1. The molecule has 0 radical (unpaired) electrons. The standard InChI is InChI=1S/C30H41N3O3.C22H33N3.C10H16O5.C2H4O2/c1-2-36-29(34)12-6-10-27-30(35)33(28-11-4-3-9-26(28)31-27)25-18-22-13-14-23(19-25)32(22)24-16-20-7-5-8-21(15-20)17-24;23-21-6-1-2-7-22(21)24-17-13-18-8-9-19(14-17)25(18)20-11-15-4-3-5-16(10-15)12-20;1-3-14-9(12)7-5-6-8(11)10(13)15-4-2;1-2(3)4/h3-4,9,11,20-25H,2,5-8,10,12-19H2,1H3;1-2,6-7,15-20,24H,3-5,8-14,23H2;3-7H2,1-2H3;1H3,(H,3,4)/t20?,21?,22-,23+,24?,25?;15?,16?,17?,18-,19+,20?;;. The highest BCUT2D eigenvalue weighted by molar-refractivity contribution is 6.33. The van der Waals surface area contributed by atoms with Crippen molar-refractivity contribution in [2.24, 2.45) is 23.7 Å². The van der Waals surface area contributed by atoms with E-state index in [1.807, 2.05) is 37.3 Å². The monoisotopic (exact) mass is 1110 g/mol. The molecule has 8 aliphatic rings. The van der Waals surface area contributed by atoms with E-state index in [9.17, 15) is 24.0 Å². The zero-order valence-corrected chi connectivity index (χ0v) is 48.5. The quantitative estimate of drug-likeness (QED) is 0.0496. The van der Waals surface area contributed by atoms with E-state index < -0.39 is 17.7 Å². The molecule has 4 N–H and O–H groups in total. The number of para-hydroxylation sites is 4. The number of rotatable bonds is 17. The predicted octanol–water partition coefficient (Wildman–Crippen LogP) is 11.0. The Kier molecular flexibility index (Phi) is 22.5. The van der Waals surface area contributed by atoms with E-state index in [4.69, 9.17) is 25.4 Å². The molecule has 16 heteroatoms. The molecule has 6 unspecified atom stereocenters. The second-order valence-electron chi connectivity index (χ2n) is 24.4. The minimum Gasteiger partial charge on any atom is -0.481 e. The minimum atomic E-state index is -0.833. The van der Waals surface area contributed by atoms with Crippen molar-refractivity contribution in [2.45, 2.75) is 243 Å². The van der Waals surface area contributed by atoms with E-state index in [0.29, 0.717) is 62.7 Å². The summed E-state index contributed by atoms with van der Waals surface area (Å²) >= 11 is 0. The number of carbonyl (C=O) groups excluding carboxylic acids is 4. The Bertz CT molecular complexity index is 2550. The Morgan fingerprint density at radius 1 is 0.588 bits per heavy atom. The molecule has 0 spiro atoms. The molecular formula is C64H94N6O10. The first-order valence-electron chi connectivity index (χ1n) is 31.1. The summed E-state index contributed by atoms with van der Waals surface area (Å²) in [6, 6.07) is 21.6. The van der Waals surface area contributed by atoms with E-state index in [1.165, 1.54) is 116 Å². The topological polar surface area (TPSA) is 213 Å². The van der Waals surface area contributed by atoms with E-state index >= 15 is 0 Å². The zero-order valence-electron chi connectivity index (χ0n) is 48.5. The lowest BCUT2D eigenvalue weighted by molar-refractivity contribution is -0.153. The highest BCUT2D eigenvalue weighted by Gasteiger charge is 2.48. The van der Waals surface area contributed by atoms with Crippen molar-refractivity contribution in [1.29, 1.82) is 0 Å². The van der Waals surface area contributed by atoms with Gasteiger partial charge in [0.15, 0.2) is 0 Å². The molecule has 11 rings (SSSR count). The summed E-state index contributed by atoms with van der Waals surface area (Å²) in [5.41, 5.74) is 10.6. The molecule has 440 valence electrons. The first-order chi connectivity index (χ1) is 38.7. The molecule has 5 heterocycles. The molecule has 16 nitrogen and oxygen atoms in total. The number of ketones is 1. The lowest BCUT2D eigenvalue weighted by Crippen LogP contribution is -2.53. The second-order valence-corrected chi connectivity index (χ2v) is 24.4. The Balaban J connectivity index is 0.000000166. The van der Waals surface area contributed by atoms with Crippen molar-refractivity contribution < 1.29 is 43.3 Å². The van der Waals surface area contributed by atoms with Gasteiger partial charge in [0, 0.05) is 74.5 Å². The number of Topliss-reactive ketones (excluding diaryl/α,β-unsaturated/α-hetero) is 1. The summed E-state index contributed by atoms with van der Waals surface area (Å²) in [4.78, 5) is 78.1. The average Bonchev–Trinajstić information content (AvgIpc) is 3.91. The van der Waals surface area contributed by atoms with Crippen molar-refractivity contribution in [3.05, 3.63) is 64.6 Å². The fourth-order valence-electron chi connectivity index (χ4n) is 15.9. The maximum Gasteiger partial charge on any atom is 0.374 e. The van der Waals surface area contributed by atoms with Crippen molar-refractivity contribution >= 4 is 52.1 Å². The van der Waals surface area contributed by atoms with Crippen LogP contribution in [0.15, 0.2) is 53.3 Å². The van der Waals surface area contributed by atoms with Gasteiger partial charge in [-0.15, -0.1) is 0 Å². The summed E-state index contributed by atoms with van der Waals surface area (Å²) in [6.07, 6.45) is 29.7. The van der Waals surface area contributed by atoms with Gasteiger partial charge in [0.1, 0.15) is 5.69 Å². The number of carboxylic acids is 1. The summed E-state index contributed by atoms with van der Waals surface area (Å²) in [5, 5.41) is 11.2. The van der Waals surface area contributed by atoms with Crippen LogP contribution in [0.5, 0.6) is 0 Å². The summed E-state index contributed by atoms with van der Waals surface area (Å²) < 4.78 is 16.3. The molecule has 4 aliphatic heterocycles. The van der Waals surface area contributed by atoms with Crippen molar-refractivity contribution in [1.82, 2.24) is 19.4 Å². The number of nitrogen functional groups attached to an aromatic ring is 1. The lowest BCUT2D eigenvalue weighted by atomic mass is 9.69. The molecule has 80 heavy (non-hydrogen) atoms.